The highest BCUT2D eigenvalue weighted by Crippen LogP contribution is 2.17. The Bertz CT molecular complexity index is 464. The Morgan fingerprint density at radius 2 is 2.00 bits per heavy atom. The topological polar surface area (TPSA) is 27.7 Å². The molecule has 2 rings (SSSR count). The van der Waals surface area contributed by atoms with Gasteiger partial charge in [-0.05, 0) is 23.8 Å². The maximum Gasteiger partial charge on any atom is 0.169 e. The van der Waals surface area contributed by atoms with E-state index in [0.29, 0.717) is 6.61 Å². The van der Waals surface area contributed by atoms with Crippen molar-refractivity contribution in [1.82, 2.24) is 15.1 Å². The van der Waals surface area contributed by atoms with Crippen LogP contribution in [0.25, 0.3) is 0 Å². The van der Waals surface area contributed by atoms with Crippen LogP contribution in [0.1, 0.15) is 5.56 Å². The van der Waals surface area contributed by atoms with E-state index in [4.69, 9.17) is 28.6 Å². The van der Waals surface area contributed by atoms with Gasteiger partial charge in [-0.15, -0.1) is 0 Å². The lowest BCUT2D eigenvalue weighted by Crippen LogP contribution is -2.51. The Morgan fingerprint density at radius 1 is 1.29 bits per heavy atom. The predicted molar refractivity (Wildman–Crippen MR) is 90.8 cm³/mol. The zero-order valence-corrected chi connectivity index (χ0v) is 13.9. The first-order chi connectivity index (χ1) is 10.2. The van der Waals surface area contributed by atoms with E-state index in [0.717, 1.165) is 49.4 Å². The zero-order chi connectivity index (χ0) is 15.1. The molecule has 0 amide bonds. The third kappa shape index (κ3) is 5.11. The molecule has 116 valence electrons. The van der Waals surface area contributed by atoms with Crippen LogP contribution in [0.5, 0.6) is 0 Å². The minimum atomic E-state index is 0.673. The van der Waals surface area contributed by atoms with E-state index in [1.54, 1.807) is 7.11 Å². The van der Waals surface area contributed by atoms with Gasteiger partial charge in [-0.3, -0.25) is 4.90 Å². The smallest absolute Gasteiger partial charge is 0.169 e. The number of methoxy groups -OCH3 is 1. The highest BCUT2D eigenvalue weighted by molar-refractivity contribution is 7.80. The summed E-state index contributed by atoms with van der Waals surface area (Å²) in [5.74, 6) is 0. The lowest BCUT2D eigenvalue weighted by atomic mass is 10.2. The number of nitrogens with zero attached hydrogens (tertiary/aromatic N) is 2. The monoisotopic (exact) mass is 327 g/mol. The summed E-state index contributed by atoms with van der Waals surface area (Å²) >= 11 is 11.6. The molecular formula is C15H22ClN3OS. The minimum Gasteiger partial charge on any atom is -0.383 e. The van der Waals surface area contributed by atoms with Crippen molar-refractivity contribution in [3.05, 3.63) is 34.9 Å². The lowest BCUT2D eigenvalue weighted by Gasteiger charge is -2.36. The molecule has 1 aliphatic heterocycles. The number of hydrogen-bond donors (Lipinski definition) is 1. The minimum absolute atomic E-state index is 0.673. The maximum atomic E-state index is 6.21. The molecule has 0 aliphatic carbocycles. The van der Waals surface area contributed by atoms with Crippen LogP contribution in [0.3, 0.4) is 0 Å². The van der Waals surface area contributed by atoms with Gasteiger partial charge in [0.1, 0.15) is 0 Å². The molecule has 0 aromatic heterocycles. The van der Waals surface area contributed by atoms with Gasteiger partial charge in [-0.25, -0.2) is 0 Å². The number of thiocarbonyl (C=S) groups is 1. The first-order valence-electron chi connectivity index (χ1n) is 7.18. The van der Waals surface area contributed by atoms with Crippen LogP contribution < -0.4 is 5.32 Å². The van der Waals surface area contributed by atoms with E-state index in [1.165, 1.54) is 5.56 Å². The van der Waals surface area contributed by atoms with Crippen LogP contribution in [-0.4, -0.2) is 61.4 Å². The van der Waals surface area contributed by atoms with Crippen LogP contribution in [0, 0.1) is 0 Å². The second-order valence-electron chi connectivity index (χ2n) is 5.08. The summed E-state index contributed by atoms with van der Waals surface area (Å²) in [6.07, 6.45) is 0. The third-order valence-electron chi connectivity index (χ3n) is 3.59. The number of halogens is 1. The maximum absolute atomic E-state index is 6.21. The molecule has 1 N–H and O–H groups in total. The van der Waals surface area contributed by atoms with E-state index >= 15 is 0 Å². The molecular weight excluding hydrogens is 306 g/mol. The van der Waals surface area contributed by atoms with Crippen LogP contribution >= 0.6 is 23.8 Å². The summed E-state index contributed by atoms with van der Waals surface area (Å²) < 4.78 is 5.01. The molecule has 6 heteroatoms. The van der Waals surface area contributed by atoms with E-state index in [9.17, 15) is 0 Å². The van der Waals surface area contributed by atoms with Gasteiger partial charge in [0, 0.05) is 51.4 Å². The fourth-order valence-corrected chi connectivity index (χ4v) is 2.83. The van der Waals surface area contributed by atoms with Gasteiger partial charge < -0.3 is 15.0 Å². The van der Waals surface area contributed by atoms with Gasteiger partial charge in [0.15, 0.2) is 5.11 Å². The van der Waals surface area contributed by atoms with Gasteiger partial charge in [-0.1, -0.05) is 29.8 Å². The highest BCUT2D eigenvalue weighted by atomic mass is 35.5. The average molecular weight is 328 g/mol. The van der Waals surface area contributed by atoms with E-state index in [1.807, 2.05) is 18.2 Å². The molecule has 0 spiro atoms. The zero-order valence-electron chi connectivity index (χ0n) is 12.3. The molecule has 1 saturated heterocycles. The molecule has 0 radical (unpaired) electrons. The normalized spacial score (nSPS) is 16.0. The van der Waals surface area contributed by atoms with Crippen LogP contribution in [0.15, 0.2) is 24.3 Å². The summed E-state index contributed by atoms with van der Waals surface area (Å²) in [6.45, 7) is 6.22. The Hall–Kier alpha value is -0.880. The molecule has 1 fully saturated rings. The standard InChI is InChI=1S/C15H22ClN3OS/c1-20-11-6-17-15(21)19-9-7-18(8-10-19)12-13-4-2-3-5-14(13)16/h2-5H,6-12H2,1H3,(H,17,21). The molecule has 1 aromatic rings. The Kier molecular flexibility index (Phi) is 6.70. The third-order valence-corrected chi connectivity index (χ3v) is 4.36. The summed E-state index contributed by atoms with van der Waals surface area (Å²) in [5.41, 5.74) is 1.19. The van der Waals surface area contributed by atoms with Gasteiger partial charge in [0.05, 0.1) is 6.61 Å². The number of ether oxygens (including phenoxy) is 1. The molecule has 0 saturated carbocycles. The van der Waals surface area contributed by atoms with Crippen molar-refractivity contribution in [1.29, 1.82) is 0 Å². The molecule has 0 bridgehead atoms. The largest absolute Gasteiger partial charge is 0.383 e. The Balaban J connectivity index is 1.75. The quantitative estimate of drug-likeness (QED) is 0.659. The summed E-state index contributed by atoms with van der Waals surface area (Å²) in [7, 11) is 1.69. The van der Waals surface area contributed by atoms with Gasteiger partial charge in [0.25, 0.3) is 0 Å². The predicted octanol–water partition coefficient (Wildman–Crippen LogP) is 1.98. The summed E-state index contributed by atoms with van der Waals surface area (Å²) in [6, 6.07) is 8.04. The van der Waals surface area contributed by atoms with Crippen molar-refractivity contribution in [2.75, 3.05) is 46.4 Å². The Labute approximate surface area is 137 Å². The van der Waals surface area contributed by atoms with Crippen molar-refractivity contribution in [2.24, 2.45) is 0 Å². The Morgan fingerprint density at radius 3 is 2.67 bits per heavy atom. The second kappa shape index (κ2) is 8.54. The highest BCUT2D eigenvalue weighted by Gasteiger charge is 2.19. The van der Waals surface area contributed by atoms with Gasteiger partial charge in [0.2, 0.25) is 0 Å². The molecule has 0 unspecified atom stereocenters. The van der Waals surface area contributed by atoms with Crippen LogP contribution in [0.4, 0.5) is 0 Å². The molecule has 4 nitrogen and oxygen atoms in total. The van der Waals surface area contributed by atoms with Crippen molar-refractivity contribution in [2.45, 2.75) is 6.54 Å². The average Bonchev–Trinajstić information content (AvgIpc) is 2.50. The first-order valence-corrected chi connectivity index (χ1v) is 7.97. The lowest BCUT2D eigenvalue weighted by molar-refractivity contribution is 0.172. The van der Waals surface area contributed by atoms with Crippen molar-refractivity contribution in [3.63, 3.8) is 0 Å². The van der Waals surface area contributed by atoms with E-state index in [2.05, 4.69) is 21.2 Å². The van der Waals surface area contributed by atoms with Crippen molar-refractivity contribution in [3.8, 4) is 0 Å². The number of benzene rings is 1. The van der Waals surface area contributed by atoms with Crippen LogP contribution in [0.2, 0.25) is 5.02 Å². The summed E-state index contributed by atoms with van der Waals surface area (Å²) in [4.78, 5) is 4.63. The van der Waals surface area contributed by atoms with Crippen molar-refractivity contribution >= 4 is 28.9 Å². The molecule has 0 atom stereocenters. The second-order valence-corrected chi connectivity index (χ2v) is 5.87. The van der Waals surface area contributed by atoms with Gasteiger partial charge >= 0.3 is 0 Å². The molecule has 1 aromatic carbocycles. The van der Waals surface area contributed by atoms with Crippen molar-refractivity contribution < 1.29 is 4.74 Å². The number of rotatable bonds is 5. The number of nitrogens with one attached hydrogen (secondary N) is 1. The first kappa shape index (κ1) is 16.5. The molecule has 1 heterocycles. The molecule has 1 aliphatic rings. The molecule has 21 heavy (non-hydrogen) atoms. The van der Waals surface area contributed by atoms with Crippen LogP contribution in [-0.2, 0) is 11.3 Å². The number of hydrogen-bond acceptors (Lipinski definition) is 3. The summed E-state index contributed by atoms with van der Waals surface area (Å²) in [5, 5.41) is 4.89. The van der Waals surface area contributed by atoms with E-state index in [-0.39, 0.29) is 0 Å². The van der Waals surface area contributed by atoms with E-state index < -0.39 is 0 Å². The fourth-order valence-electron chi connectivity index (χ4n) is 2.35. The fraction of sp³-hybridized carbons (Fsp3) is 0.533. The SMILES string of the molecule is COCCNC(=S)N1CCN(Cc2ccccc2Cl)CC1. The van der Waals surface area contributed by atoms with Gasteiger partial charge in [-0.2, -0.15) is 0 Å². The number of piperazine rings is 1.